The molecule has 3 heteroatoms. The molecule has 4 aliphatic rings. The summed E-state index contributed by atoms with van der Waals surface area (Å²) < 4.78 is 11.1. The Morgan fingerprint density at radius 2 is 2.44 bits per heavy atom. The van der Waals surface area contributed by atoms with E-state index in [-0.39, 0.29) is 23.5 Å². The van der Waals surface area contributed by atoms with Crippen LogP contribution in [0.5, 0.6) is 0 Å². The fourth-order valence-corrected chi connectivity index (χ4v) is 3.74. The lowest BCUT2D eigenvalue weighted by atomic mass is 9.58. The van der Waals surface area contributed by atoms with Crippen LogP contribution in [0.15, 0.2) is 24.3 Å². The molecule has 86 valence electrons. The quantitative estimate of drug-likeness (QED) is 0.662. The van der Waals surface area contributed by atoms with Crippen molar-refractivity contribution in [3.8, 4) is 0 Å². The normalized spacial score (nSPS) is 49.4. The number of allylic oxidation sites excluding steroid dienone is 2. The summed E-state index contributed by atoms with van der Waals surface area (Å²) in [5.41, 5.74) is 1.23. The Hall–Kier alpha value is -0.930. The smallest absolute Gasteiger partial charge is 0.236 e. The number of carbonyl (C=O) groups is 1. The highest BCUT2D eigenvalue weighted by molar-refractivity contribution is 5.94. The highest BCUT2D eigenvalue weighted by Gasteiger charge is 2.66. The summed E-state index contributed by atoms with van der Waals surface area (Å²) in [7, 11) is 1.57. The zero-order chi connectivity index (χ0) is 11.5. The van der Waals surface area contributed by atoms with Crippen LogP contribution in [0.1, 0.15) is 6.92 Å². The van der Waals surface area contributed by atoms with Crippen LogP contribution in [0, 0.1) is 23.7 Å². The summed E-state index contributed by atoms with van der Waals surface area (Å²) in [6.45, 7) is 6.52. The van der Waals surface area contributed by atoms with Gasteiger partial charge in [0.25, 0.3) is 0 Å². The van der Waals surface area contributed by atoms with Crippen molar-refractivity contribution in [1.82, 2.24) is 0 Å². The van der Waals surface area contributed by atoms with E-state index in [1.807, 2.05) is 6.08 Å². The molecule has 0 aromatic heterocycles. The number of Topliss-reactive ketones (excluding diaryl/α,β-unsaturated/α-hetero) is 1. The molecule has 0 aromatic rings. The molecule has 1 heterocycles. The lowest BCUT2D eigenvalue weighted by Gasteiger charge is -2.47. The fraction of sp³-hybridized carbons (Fsp3) is 0.615. The minimum atomic E-state index is -0.992. The third kappa shape index (κ3) is 0.897. The Bertz CT molecular complexity index is 398. The van der Waals surface area contributed by atoms with Gasteiger partial charge in [0.2, 0.25) is 5.79 Å². The van der Waals surface area contributed by atoms with Gasteiger partial charge in [-0.05, 0) is 12.8 Å². The van der Waals surface area contributed by atoms with Gasteiger partial charge in [-0.2, -0.15) is 0 Å². The molecular weight excluding hydrogens is 204 g/mol. The summed E-state index contributed by atoms with van der Waals surface area (Å²) in [6, 6.07) is 0. The molecule has 1 saturated heterocycles. The number of rotatable bonds is 2. The van der Waals surface area contributed by atoms with Gasteiger partial charge in [-0.3, -0.25) is 4.79 Å². The van der Waals surface area contributed by atoms with Crippen LogP contribution in [0.2, 0.25) is 0 Å². The maximum absolute atomic E-state index is 12.4. The summed E-state index contributed by atoms with van der Waals surface area (Å²) >= 11 is 0. The number of hydrogen-bond acceptors (Lipinski definition) is 3. The molecule has 2 fully saturated rings. The van der Waals surface area contributed by atoms with Gasteiger partial charge in [0, 0.05) is 24.9 Å². The van der Waals surface area contributed by atoms with Gasteiger partial charge in [0.1, 0.15) is 0 Å². The van der Waals surface area contributed by atoms with Crippen LogP contribution in [0.3, 0.4) is 0 Å². The standard InChI is InChI=1S/C13H16O3/c1-4-8-9-5-7(2)11-10(8)6-16-13(11,15-3)12(9)14/h4-5,8-11H,1,6H2,2-3H3/t8-,9-,10-,11+,13-/m1/s1. The maximum Gasteiger partial charge on any atom is 0.236 e. The minimum Gasteiger partial charge on any atom is -0.346 e. The molecular formula is C13H16O3. The molecule has 4 rings (SSSR count). The molecule has 1 aliphatic heterocycles. The molecule has 0 amide bonds. The summed E-state index contributed by atoms with van der Waals surface area (Å²) in [5.74, 6) is -0.373. The molecule has 0 radical (unpaired) electrons. The van der Waals surface area contributed by atoms with E-state index < -0.39 is 5.79 Å². The van der Waals surface area contributed by atoms with Gasteiger partial charge in [-0.1, -0.05) is 17.7 Å². The van der Waals surface area contributed by atoms with E-state index in [4.69, 9.17) is 9.47 Å². The average Bonchev–Trinajstić information content (AvgIpc) is 2.65. The first-order valence-corrected chi connectivity index (χ1v) is 5.70. The summed E-state index contributed by atoms with van der Waals surface area (Å²) in [5, 5.41) is 0. The molecule has 16 heavy (non-hydrogen) atoms. The van der Waals surface area contributed by atoms with Crippen LogP contribution in [0.25, 0.3) is 0 Å². The van der Waals surface area contributed by atoms with E-state index in [1.54, 1.807) is 7.11 Å². The maximum atomic E-state index is 12.4. The number of ether oxygens (including phenoxy) is 2. The van der Waals surface area contributed by atoms with Crippen molar-refractivity contribution in [2.24, 2.45) is 23.7 Å². The zero-order valence-electron chi connectivity index (χ0n) is 9.60. The Labute approximate surface area is 95.1 Å². The first-order chi connectivity index (χ1) is 7.65. The third-order valence-electron chi connectivity index (χ3n) is 4.39. The Kier molecular flexibility index (Phi) is 1.95. The second kappa shape index (κ2) is 3.05. The van der Waals surface area contributed by atoms with E-state index in [9.17, 15) is 4.79 Å². The molecule has 0 aromatic carbocycles. The van der Waals surface area contributed by atoms with Gasteiger partial charge < -0.3 is 9.47 Å². The predicted octanol–water partition coefficient (Wildman–Crippen LogP) is 1.55. The molecule has 1 saturated carbocycles. The van der Waals surface area contributed by atoms with Crippen molar-refractivity contribution < 1.29 is 14.3 Å². The van der Waals surface area contributed by atoms with Crippen LogP contribution in [-0.4, -0.2) is 25.3 Å². The highest BCUT2D eigenvalue weighted by Crippen LogP contribution is 2.57. The Morgan fingerprint density at radius 3 is 3.06 bits per heavy atom. The van der Waals surface area contributed by atoms with E-state index in [0.717, 1.165) is 0 Å². The number of ketones is 1. The lowest BCUT2D eigenvalue weighted by Crippen LogP contribution is -2.58. The van der Waals surface area contributed by atoms with Crippen LogP contribution < -0.4 is 0 Å². The van der Waals surface area contributed by atoms with Gasteiger partial charge in [-0.25, -0.2) is 0 Å². The van der Waals surface area contributed by atoms with Crippen LogP contribution in [0.4, 0.5) is 0 Å². The minimum absolute atomic E-state index is 0.0734. The van der Waals surface area contributed by atoms with Gasteiger partial charge >= 0.3 is 0 Å². The van der Waals surface area contributed by atoms with Crippen LogP contribution in [-0.2, 0) is 14.3 Å². The van der Waals surface area contributed by atoms with Crippen molar-refractivity contribution >= 4 is 5.78 Å². The van der Waals surface area contributed by atoms with Crippen molar-refractivity contribution in [1.29, 1.82) is 0 Å². The highest BCUT2D eigenvalue weighted by atomic mass is 16.7. The van der Waals surface area contributed by atoms with E-state index in [0.29, 0.717) is 12.5 Å². The average molecular weight is 220 g/mol. The second-order valence-corrected chi connectivity index (χ2v) is 4.94. The molecule has 0 spiro atoms. The molecule has 3 aliphatic carbocycles. The molecule has 0 N–H and O–H groups in total. The van der Waals surface area contributed by atoms with Crippen molar-refractivity contribution in [2.45, 2.75) is 12.7 Å². The van der Waals surface area contributed by atoms with Gasteiger partial charge in [0.15, 0.2) is 5.78 Å². The van der Waals surface area contributed by atoms with Crippen LogP contribution >= 0.6 is 0 Å². The molecule has 3 nitrogen and oxygen atoms in total. The topological polar surface area (TPSA) is 35.5 Å². The van der Waals surface area contributed by atoms with E-state index >= 15 is 0 Å². The SMILES string of the molecule is C=C[C@H]1[C@H]2CO[C@@]3(OC)C(=O)[C@@H]1C=C(C)[C@@H]23. The fourth-order valence-electron chi connectivity index (χ4n) is 3.74. The monoisotopic (exact) mass is 220 g/mol. The van der Waals surface area contributed by atoms with Crippen molar-refractivity contribution in [3.05, 3.63) is 24.3 Å². The second-order valence-electron chi connectivity index (χ2n) is 4.94. The summed E-state index contributed by atoms with van der Waals surface area (Å²) in [4.78, 5) is 12.4. The molecule has 4 bridgehead atoms. The van der Waals surface area contributed by atoms with Crippen molar-refractivity contribution in [3.63, 3.8) is 0 Å². The van der Waals surface area contributed by atoms with E-state index in [2.05, 4.69) is 19.6 Å². The Morgan fingerprint density at radius 1 is 1.69 bits per heavy atom. The zero-order valence-corrected chi connectivity index (χ0v) is 9.60. The first kappa shape index (κ1) is 10.2. The summed E-state index contributed by atoms with van der Waals surface area (Å²) in [6.07, 6.45) is 3.97. The van der Waals surface area contributed by atoms with Gasteiger partial charge in [0.05, 0.1) is 6.61 Å². The third-order valence-corrected chi connectivity index (χ3v) is 4.39. The number of carbonyl (C=O) groups excluding carboxylic acids is 1. The lowest BCUT2D eigenvalue weighted by molar-refractivity contribution is -0.217. The molecule has 5 atom stereocenters. The van der Waals surface area contributed by atoms with E-state index in [1.165, 1.54) is 5.57 Å². The molecule has 0 unspecified atom stereocenters. The predicted molar refractivity (Wildman–Crippen MR) is 58.6 cm³/mol. The van der Waals surface area contributed by atoms with Crippen molar-refractivity contribution in [2.75, 3.05) is 13.7 Å². The Balaban J connectivity index is 2.17. The van der Waals surface area contributed by atoms with Gasteiger partial charge in [-0.15, -0.1) is 6.58 Å². The number of hydrogen-bond donors (Lipinski definition) is 0. The number of methoxy groups -OCH3 is 1. The first-order valence-electron chi connectivity index (χ1n) is 5.70. The largest absolute Gasteiger partial charge is 0.346 e.